The highest BCUT2D eigenvalue weighted by molar-refractivity contribution is 6.01. The van der Waals surface area contributed by atoms with Gasteiger partial charge in [-0.05, 0) is 36.8 Å². The minimum absolute atomic E-state index is 0.00552. The second-order valence-electron chi connectivity index (χ2n) is 8.74. The minimum atomic E-state index is -2.95. The van der Waals surface area contributed by atoms with Crippen LogP contribution in [0.3, 0.4) is 0 Å². The average molecular weight is 420 g/mol. The number of imide groups is 1. The number of carbonyl (C=O) groups is 2. The first-order valence-electron chi connectivity index (χ1n) is 10.8. The lowest BCUT2D eigenvalue weighted by atomic mass is 9.77. The summed E-state index contributed by atoms with van der Waals surface area (Å²) < 4.78 is 41.9. The van der Waals surface area contributed by atoms with Crippen LogP contribution in [0.5, 0.6) is 0 Å². The Bertz CT molecular complexity index is 859. The molecule has 1 N–H and O–H groups in total. The van der Waals surface area contributed by atoms with Gasteiger partial charge in [-0.25, -0.2) is 8.78 Å². The van der Waals surface area contributed by atoms with Crippen molar-refractivity contribution in [3.63, 3.8) is 0 Å². The molecule has 8 heteroatoms. The fourth-order valence-electron chi connectivity index (χ4n) is 5.50. The molecule has 1 atom stereocenters. The van der Waals surface area contributed by atoms with Gasteiger partial charge in [0.1, 0.15) is 6.04 Å². The number of hydrogen-bond acceptors (Lipinski definition) is 5. The largest absolute Gasteiger partial charge is 0.359 e. The highest BCUT2D eigenvalue weighted by atomic mass is 19.3. The first-order valence-corrected chi connectivity index (χ1v) is 10.8. The molecule has 2 saturated heterocycles. The van der Waals surface area contributed by atoms with Crippen molar-refractivity contribution in [1.82, 2.24) is 5.32 Å². The number of amides is 2. The number of ether oxygens (including phenoxy) is 2. The molecule has 1 aliphatic carbocycles. The maximum Gasteiger partial charge on any atom is 0.277 e. The molecule has 4 aliphatic rings. The Balaban J connectivity index is 1.46. The predicted octanol–water partition coefficient (Wildman–Crippen LogP) is 3.19. The summed E-state index contributed by atoms with van der Waals surface area (Å²) in [5, 5.41) is 2.35. The van der Waals surface area contributed by atoms with Crippen molar-refractivity contribution in [2.24, 2.45) is 0 Å². The number of benzene rings is 1. The van der Waals surface area contributed by atoms with Crippen LogP contribution in [0.4, 0.5) is 14.5 Å². The van der Waals surface area contributed by atoms with Crippen molar-refractivity contribution in [3.05, 3.63) is 29.3 Å². The van der Waals surface area contributed by atoms with E-state index in [1.165, 1.54) is 0 Å². The van der Waals surface area contributed by atoms with Gasteiger partial charge in [0.05, 0.1) is 13.2 Å². The van der Waals surface area contributed by atoms with Crippen LogP contribution in [0.1, 0.15) is 62.0 Å². The summed E-state index contributed by atoms with van der Waals surface area (Å²) in [4.78, 5) is 25.7. The third-order valence-electron chi connectivity index (χ3n) is 7.00. The zero-order valence-corrected chi connectivity index (χ0v) is 16.8. The number of halogens is 2. The molecular weight excluding hydrogens is 394 g/mol. The van der Waals surface area contributed by atoms with Crippen molar-refractivity contribution >= 4 is 17.5 Å². The Kier molecular flexibility index (Phi) is 4.82. The Morgan fingerprint density at radius 2 is 1.77 bits per heavy atom. The maximum atomic E-state index is 15.2. The third kappa shape index (κ3) is 3.30. The van der Waals surface area contributed by atoms with E-state index in [9.17, 15) is 9.59 Å². The molecule has 1 aromatic carbocycles. The smallest absolute Gasteiger partial charge is 0.277 e. The lowest BCUT2D eigenvalue weighted by Gasteiger charge is -2.43. The molecule has 1 spiro atoms. The van der Waals surface area contributed by atoms with E-state index in [4.69, 9.17) is 9.47 Å². The van der Waals surface area contributed by atoms with E-state index in [1.54, 1.807) is 23.1 Å². The van der Waals surface area contributed by atoms with E-state index < -0.39 is 23.7 Å². The SMILES string of the molecule is O=C1CC[C@H](N2CCC(F)(F)c3c(C4CCC5(CC4)OCCO5)cccc32)C(=O)N1. The normalized spacial score (nSPS) is 28.5. The number of alkyl halides is 2. The van der Waals surface area contributed by atoms with Crippen LogP contribution in [-0.4, -0.2) is 43.4 Å². The molecule has 1 saturated carbocycles. The monoisotopic (exact) mass is 420 g/mol. The first-order chi connectivity index (χ1) is 14.4. The van der Waals surface area contributed by atoms with E-state index >= 15 is 8.78 Å². The summed E-state index contributed by atoms with van der Waals surface area (Å²) in [5.74, 6) is -4.18. The van der Waals surface area contributed by atoms with E-state index in [1.807, 2.05) is 0 Å². The molecule has 162 valence electrons. The van der Waals surface area contributed by atoms with Crippen LogP contribution in [0.25, 0.3) is 0 Å². The minimum Gasteiger partial charge on any atom is -0.359 e. The topological polar surface area (TPSA) is 67.9 Å². The number of carbonyl (C=O) groups excluding carboxylic acids is 2. The van der Waals surface area contributed by atoms with Gasteiger partial charge in [-0.1, -0.05) is 12.1 Å². The van der Waals surface area contributed by atoms with Crippen LogP contribution in [0, 0.1) is 0 Å². The number of anilines is 1. The van der Waals surface area contributed by atoms with E-state index in [0.717, 1.165) is 12.8 Å². The molecule has 0 aromatic heterocycles. The van der Waals surface area contributed by atoms with Gasteiger partial charge >= 0.3 is 0 Å². The zero-order valence-electron chi connectivity index (χ0n) is 16.8. The molecular formula is C22H26F2N2O4. The standard InChI is InChI=1S/C22H26F2N2O4/c23-22(24)10-11-26(17-4-5-18(27)25-20(17)28)16-3-1-2-15(19(16)22)14-6-8-21(9-7-14)29-12-13-30-21/h1-3,14,17H,4-13H2,(H,25,27,28)/t17-/m0/s1. The van der Waals surface area contributed by atoms with Gasteiger partial charge in [0, 0.05) is 43.5 Å². The Labute approximate surface area is 173 Å². The van der Waals surface area contributed by atoms with Crippen LogP contribution in [0.2, 0.25) is 0 Å². The summed E-state index contributed by atoms with van der Waals surface area (Å²) in [5.41, 5.74) is 1.14. The van der Waals surface area contributed by atoms with Gasteiger partial charge in [-0.3, -0.25) is 14.9 Å². The first kappa shape index (κ1) is 19.9. The maximum absolute atomic E-state index is 15.2. The van der Waals surface area contributed by atoms with E-state index in [0.29, 0.717) is 43.7 Å². The van der Waals surface area contributed by atoms with Gasteiger partial charge in [0.15, 0.2) is 5.79 Å². The lowest BCUT2D eigenvalue weighted by Crippen LogP contribution is -2.55. The van der Waals surface area contributed by atoms with Crippen molar-refractivity contribution in [2.45, 2.75) is 68.6 Å². The van der Waals surface area contributed by atoms with Crippen LogP contribution in [0.15, 0.2) is 18.2 Å². The fraction of sp³-hybridized carbons (Fsp3) is 0.636. The average Bonchev–Trinajstić information content (AvgIpc) is 3.17. The molecule has 2 amide bonds. The molecule has 3 heterocycles. The highest BCUT2D eigenvalue weighted by Gasteiger charge is 2.47. The van der Waals surface area contributed by atoms with Gasteiger partial charge in [0.25, 0.3) is 5.92 Å². The predicted molar refractivity (Wildman–Crippen MR) is 104 cm³/mol. The molecule has 6 nitrogen and oxygen atoms in total. The summed E-state index contributed by atoms with van der Waals surface area (Å²) in [7, 11) is 0. The number of piperidine rings is 1. The Hall–Kier alpha value is -2.06. The molecule has 1 aromatic rings. The second-order valence-corrected chi connectivity index (χ2v) is 8.74. The van der Waals surface area contributed by atoms with Crippen LogP contribution < -0.4 is 10.2 Å². The van der Waals surface area contributed by atoms with Crippen molar-refractivity contribution < 1.29 is 27.8 Å². The van der Waals surface area contributed by atoms with Crippen molar-refractivity contribution in [2.75, 3.05) is 24.7 Å². The van der Waals surface area contributed by atoms with Gasteiger partial charge in [-0.2, -0.15) is 0 Å². The van der Waals surface area contributed by atoms with Gasteiger partial charge in [-0.15, -0.1) is 0 Å². The lowest BCUT2D eigenvalue weighted by molar-refractivity contribution is -0.178. The van der Waals surface area contributed by atoms with Crippen molar-refractivity contribution in [1.29, 1.82) is 0 Å². The quantitative estimate of drug-likeness (QED) is 0.745. The molecule has 0 bridgehead atoms. The van der Waals surface area contributed by atoms with Crippen molar-refractivity contribution in [3.8, 4) is 0 Å². The van der Waals surface area contributed by atoms with Crippen LogP contribution in [-0.2, 0) is 25.0 Å². The summed E-state index contributed by atoms with van der Waals surface area (Å²) >= 11 is 0. The number of nitrogens with one attached hydrogen (secondary N) is 1. The molecule has 0 unspecified atom stereocenters. The van der Waals surface area contributed by atoms with Gasteiger partial charge in [0.2, 0.25) is 11.8 Å². The van der Waals surface area contributed by atoms with Gasteiger partial charge < -0.3 is 14.4 Å². The number of fused-ring (bicyclic) bond motifs is 1. The number of nitrogens with zero attached hydrogens (tertiary/aromatic N) is 1. The Morgan fingerprint density at radius 1 is 1.03 bits per heavy atom. The zero-order chi connectivity index (χ0) is 20.9. The summed E-state index contributed by atoms with van der Waals surface area (Å²) in [6, 6.07) is 4.70. The number of hydrogen-bond donors (Lipinski definition) is 1. The summed E-state index contributed by atoms with van der Waals surface area (Å²) in [6.45, 7) is 1.26. The summed E-state index contributed by atoms with van der Waals surface area (Å²) in [6.07, 6.45) is 3.09. The molecule has 5 rings (SSSR count). The molecule has 3 aliphatic heterocycles. The molecule has 3 fully saturated rings. The number of rotatable bonds is 2. The van der Waals surface area contributed by atoms with E-state index in [2.05, 4.69) is 5.32 Å². The fourth-order valence-corrected chi connectivity index (χ4v) is 5.50. The highest BCUT2D eigenvalue weighted by Crippen LogP contribution is 2.50. The molecule has 0 radical (unpaired) electrons. The second kappa shape index (κ2) is 7.27. The van der Waals surface area contributed by atoms with E-state index in [-0.39, 0.29) is 36.8 Å². The third-order valence-corrected chi connectivity index (χ3v) is 7.00. The molecule has 30 heavy (non-hydrogen) atoms. The Morgan fingerprint density at radius 3 is 2.47 bits per heavy atom. The van der Waals surface area contributed by atoms with Crippen LogP contribution >= 0.6 is 0 Å².